The second-order valence-electron chi connectivity index (χ2n) is 2.87. The van der Waals surface area contributed by atoms with Crippen molar-refractivity contribution in [2.24, 2.45) is 5.92 Å². The van der Waals surface area contributed by atoms with E-state index in [1.807, 2.05) is 6.92 Å². The molecule has 3 nitrogen and oxygen atoms in total. The summed E-state index contributed by atoms with van der Waals surface area (Å²) < 4.78 is 0. The van der Waals surface area contributed by atoms with Gasteiger partial charge < -0.3 is 4.90 Å². The maximum atomic E-state index is 11.1. The molecule has 3 heteroatoms. The van der Waals surface area contributed by atoms with Gasteiger partial charge in [-0.25, -0.2) is 0 Å². The van der Waals surface area contributed by atoms with Crippen LogP contribution in [-0.2, 0) is 4.79 Å². The summed E-state index contributed by atoms with van der Waals surface area (Å²) in [6, 6.07) is 2.13. The molecule has 0 bridgehead atoms. The molecule has 1 amide bonds. The maximum absolute atomic E-state index is 11.1. The summed E-state index contributed by atoms with van der Waals surface area (Å²) in [5.74, 6) is 0.287. The highest BCUT2D eigenvalue weighted by Gasteiger charge is 2.29. The van der Waals surface area contributed by atoms with Crippen LogP contribution in [0.5, 0.6) is 0 Å². The fraction of sp³-hybridized carbons (Fsp3) is 0.750. The SMILES string of the molecule is CCCC(=O)N1CC(C#N)C1. The smallest absolute Gasteiger partial charge is 0.222 e. The Morgan fingerprint density at radius 2 is 2.36 bits per heavy atom. The second kappa shape index (κ2) is 3.38. The molecule has 0 spiro atoms. The molecular weight excluding hydrogens is 140 g/mol. The van der Waals surface area contributed by atoms with Crippen molar-refractivity contribution in [3.63, 3.8) is 0 Å². The molecule has 1 rings (SSSR count). The third-order valence-corrected chi connectivity index (χ3v) is 1.88. The lowest BCUT2D eigenvalue weighted by atomic mass is 10.0. The fourth-order valence-electron chi connectivity index (χ4n) is 1.14. The molecule has 0 radical (unpaired) electrons. The zero-order chi connectivity index (χ0) is 8.27. The van der Waals surface area contributed by atoms with Crippen molar-refractivity contribution in [2.75, 3.05) is 13.1 Å². The fourth-order valence-corrected chi connectivity index (χ4v) is 1.14. The predicted molar refractivity (Wildman–Crippen MR) is 40.6 cm³/mol. The lowest BCUT2D eigenvalue weighted by Crippen LogP contribution is -2.49. The Labute approximate surface area is 66.6 Å². The predicted octanol–water partition coefficient (Wildman–Crippen LogP) is 0.768. The first kappa shape index (κ1) is 8.06. The topological polar surface area (TPSA) is 44.1 Å². The molecule has 1 aliphatic heterocycles. The molecule has 0 atom stereocenters. The van der Waals surface area contributed by atoms with Gasteiger partial charge in [0.2, 0.25) is 5.91 Å². The Morgan fingerprint density at radius 3 is 2.82 bits per heavy atom. The molecule has 0 N–H and O–H groups in total. The van der Waals surface area contributed by atoms with E-state index in [1.165, 1.54) is 0 Å². The molecule has 0 aromatic heterocycles. The first-order chi connectivity index (χ1) is 5.27. The minimum atomic E-state index is 0.0933. The van der Waals surface area contributed by atoms with E-state index in [-0.39, 0.29) is 11.8 Å². The Morgan fingerprint density at radius 1 is 1.73 bits per heavy atom. The number of rotatable bonds is 2. The van der Waals surface area contributed by atoms with Gasteiger partial charge in [0.1, 0.15) is 0 Å². The van der Waals surface area contributed by atoms with Gasteiger partial charge in [-0.15, -0.1) is 0 Å². The van der Waals surface area contributed by atoms with Gasteiger partial charge in [-0.2, -0.15) is 5.26 Å². The molecule has 0 aromatic rings. The van der Waals surface area contributed by atoms with E-state index >= 15 is 0 Å². The van der Waals surface area contributed by atoms with Gasteiger partial charge in [0.25, 0.3) is 0 Å². The summed E-state index contributed by atoms with van der Waals surface area (Å²) in [5, 5.41) is 8.43. The molecule has 11 heavy (non-hydrogen) atoms. The summed E-state index contributed by atoms with van der Waals surface area (Å²) >= 11 is 0. The summed E-state index contributed by atoms with van der Waals surface area (Å²) in [5.41, 5.74) is 0. The molecule has 1 heterocycles. The Balaban J connectivity index is 2.22. The molecule has 0 saturated carbocycles. The number of nitriles is 1. The molecule has 60 valence electrons. The van der Waals surface area contributed by atoms with Crippen LogP contribution in [0.4, 0.5) is 0 Å². The van der Waals surface area contributed by atoms with Crippen LogP contribution in [-0.4, -0.2) is 23.9 Å². The first-order valence-corrected chi connectivity index (χ1v) is 3.95. The third-order valence-electron chi connectivity index (χ3n) is 1.88. The van der Waals surface area contributed by atoms with Gasteiger partial charge in [-0.3, -0.25) is 4.79 Å². The van der Waals surface area contributed by atoms with E-state index in [1.54, 1.807) is 4.90 Å². The lowest BCUT2D eigenvalue weighted by molar-refractivity contribution is -0.136. The van der Waals surface area contributed by atoms with E-state index in [2.05, 4.69) is 6.07 Å². The minimum Gasteiger partial charge on any atom is -0.340 e. The number of nitrogens with zero attached hydrogens (tertiary/aromatic N) is 2. The average Bonchev–Trinajstić information content (AvgIpc) is 1.86. The Hall–Kier alpha value is -1.04. The van der Waals surface area contributed by atoms with Crippen LogP contribution in [0, 0.1) is 17.2 Å². The minimum absolute atomic E-state index is 0.0933. The average molecular weight is 152 g/mol. The highest BCUT2D eigenvalue weighted by molar-refractivity contribution is 5.77. The highest BCUT2D eigenvalue weighted by Crippen LogP contribution is 2.15. The van der Waals surface area contributed by atoms with Crippen LogP contribution in [0.1, 0.15) is 19.8 Å². The van der Waals surface area contributed by atoms with Gasteiger partial charge in [0.15, 0.2) is 0 Å². The van der Waals surface area contributed by atoms with E-state index in [9.17, 15) is 4.79 Å². The van der Waals surface area contributed by atoms with Crippen LogP contribution in [0.3, 0.4) is 0 Å². The number of carbonyl (C=O) groups excluding carboxylic acids is 1. The van der Waals surface area contributed by atoms with E-state index in [4.69, 9.17) is 5.26 Å². The normalized spacial score (nSPS) is 17.3. The number of hydrogen-bond acceptors (Lipinski definition) is 2. The molecule has 0 aliphatic carbocycles. The standard InChI is InChI=1S/C8H12N2O/c1-2-3-8(11)10-5-7(4-9)6-10/h7H,2-3,5-6H2,1H3. The summed E-state index contributed by atoms with van der Waals surface area (Å²) in [6.45, 7) is 3.28. The molecule has 1 fully saturated rings. The summed E-state index contributed by atoms with van der Waals surface area (Å²) in [4.78, 5) is 12.9. The van der Waals surface area contributed by atoms with Crippen molar-refractivity contribution in [1.82, 2.24) is 4.90 Å². The second-order valence-corrected chi connectivity index (χ2v) is 2.87. The Bertz CT molecular complexity index is 189. The van der Waals surface area contributed by atoms with Crippen LogP contribution in [0.25, 0.3) is 0 Å². The summed E-state index contributed by atoms with van der Waals surface area (Å²) in [6.07, 6.45) is 1.52. The van der Waals surface area contributed by atoms with Crippen LogP contribution in [0.15, 0.2) is 0 Å². The molecule has 1 saturated heterocycles. The maximum Gasteiger partial charge on any atom is 0.222 e. The highest BCUT2D eigenvalue weighted by atomic mass is 16.2. The van der Waals surface area contributed by atoms with Gasteiger partial charge in [0, 0.05) is 19.5 Å². The Kier molecular flexibility index (Phi) is 2.48. The zero-order valence-corrected chi connectivity index (χ0v) is 6.71. The van der Waals surface area contributed by atoms with Gasteiger partial charge in [0.05, 0.1) is 12.0 Å². The molecule has 0 unspecified atom stereocenters. The van der Waals surface area contributed by atoms with Crippen molar-refractivity contribution in [3.8, 4) is 6.07 Å². The number of likely N-dealkylation sites (tertiary alicyclic amines) is 1. The van der Waals surface area contributed by atoms with E-state index in [0.29, 0.717) is 19.5 Å². The van der Waals surface area contributed by atoms with Crippen molar-refractivity contribution in [2.45, 2.75) is 19.8 Å². The van der Waals surface area contributed by atoms with E-state index < -0.39 is 0 Å². The lowest BCUT2D eigenvalue weighted by Gasteiger charge is -2.35. The number of amides is 1. The summed E-state index contributed by atoms with van der Waals surface area (Å²) in [7, 11) is 0. The molecule has 0 aromatic carbocycles. The monoisotopic (exact) mass is 152 g/mol. The van der Waals surface area contributed by atoms with E-state index in [0.717, 1.165) is 6.42 Å². The first-order valence-electron chi connectivity index (χ1n) is 3.95. The van der Waals surface area contributed by atoms with Crippen LogP contribution >= 0.6 is 0 Å². The van der Waals surface area contributed by atoms with Crippen molar-refractivity contribution >= 4 is 5.91 Å². The third kappa shape index (κ3) is 1.70. The molecule has 1 aliphatic rings. The van der Waals surface area contributed by atoms with Gasteiger partial charge >= 0.3 is 0 Å². The van der Waals surface area contributed by atoms with Crippen molar-refractivity contribution < 1.29 is 4.79 Å². The quantitative estimate of drug-likeness (QED) is 0.586. The number of hydrogen-bond donors (Lipinski definition) is 0. The number of carbonyl (C=O) groups is 1. The van der Waals surface area contributed by atoms with Crippen LogP contribution in [0.2, 0.25) is 0 Å². The molecular formula is C8H12N2O. The zero-order valence-electron chi connectivity index (χ0n) is 6.71. The van der Waals surface area contributed by atoms with Crippen molar-refractivity contribution in [1.29, 1.82) is 5.26 Å². The van der Waals surface area contributed by atoms with Gasteiger partial charge in [-0.05, 0) is 6.42 Å². The van der Waals surface area contributed by atoms with Crippen LogP contribution < -0.4 is 0 Å². The van der Waals surface area contributed by atoms with Gasteiger partial charge in [-0.1, -0.05) is 6.92 Å². The largest absolute Gasteiger partial charge is 0.340 e. The van der Waals surface area contributed by atoms with Crippen molar-refractivity contribution in [3.05, 3.63) is 0 Å².